The largest absolute Gasteiger partial charge is 0.462 e. The lowest BCUT2D eigenvalue weighted by Crippen LogP contribution is -2.30. The van der Waals surface area contributed by atoms with Crippen LogP contribution in [0.3, 0.4) is 0 Å². The summed E-state index contributed by atoms with van der Waals surface area (Å²) in [5, 5.41) is 0. The number of allylic oxidation sites excluding steroid dienone is 6. The average molecular weight is 899 g/mol. The highest BCUT2D eigenvalue weighted by atomic mass is 16.6. The topological polar surface area (TPSA) is 78.9 Å². The molecule has 0 fully saturated rings. The summed E-state index contributed by atoms with van der Waals surface area (Å²) in [5.74, 6) is -0.925. The summed E-state index contributed by atoms with van der Waals surface area (Å²) in [6, 6.07) is 0. The number of rotatable bonds is 51. The minimum absolute atomic E-state index is 0.0875. The maximum absolute atomic E-state index is 12.8. The van der Waals surface area contributed by atoms with E-state index >= 15 is 0 Å². The molecular formula is C58H106O6. The van der Waals surface area contributed by atoms with Crippen LogP contribution in [0.1, 0.15) is 297 Å². The van der Waals surface area contributed by atoms with Gasteiger partial charge < -0.3 is 14.2 Å². The van der Waals surface area contributed by atoms with Crippen LogP contribution in [0.4, 0.5) is 0 Å². The Balaban J connectivity index is 4.37. The highest BCUT2D eigenvalue weighted by molar-refractivity contribution is 5.71. The van der Waals surface area contributed by atoms with Crippen molar-refractivity contribution in [2.24, 2.45) is 0 Å². The Kier molecular flexibility index (Phi) is 51.3. The molecule has 0 spiro atoms. The number of esters is 3. The fourth-order valence-electron chi connectivity index (χ4n) is 8.17. The van der Waals surface area contributed by atoms with Crippen molar-refractivity contribution in [3.05, 3.63) is 36.5 Å². The average Bonchev–Trinajstić information content (AvgIpc) is 3.29. The van der Waals surface area contributed by atoms with Crippen LogP contribution < -0.4 is 0 Å². The lowest BCUT2D eigenvalue weighted by molar-refractivity contribution is -0.167. The molecule has 6 heteroatoms. The molecule has 0 aromatic carbocycles. The molecule has 1 atom stereocenters. The second-order valence-electron chi connectivity index (χ2n) is 18.9. The van der Waals surface area contributed by atoms with Crippen LogP contribution in [0.15, 0.2) is 36.5 Å². The molecule has 0 aliphatic rings. The van der Waals surface area contributed by atoms with Crippen LogP contribution in [-0.2, 0) is 28.6 Å². The molecule has 0 aromatic heterocycles. The van der Waals surface area contributed by atoms with Gasteiger partial charge in [0.15, 0.2) is 6.10 Å². The van der Waals surface area contributed by atoms with Crippen LogP contribution in [0.5, 0.6) is 0 Å². The minimum atomic E-state index is -0.793. The van der Waals surface area contributed by atoms with Gasteiger partial charge in [-0.25, -0.2) is 0 Å². The first kappa shape index (κ1) is 61.6. The van der Waals surface area contributed by atoms with Gasteiger partial charge in [0.05, 0.1) is 0 Å². The number of hydrogen-bond donors (Lipinski definition) is 0. The standard InChI is InChI=1S/C58H106O6/c1-4-7-10-13-16-19-22-24-26-28-30-31-33-36-39-42-45-48-51-57(60)63-54-55(53-62-56(59)50-47-44-41-38-35-21-18-15-12-9-6-3)64-58(61)52-49-46-43-40-37-34-32-29-27-25-23-20-17-14-11-8-5-2/h25,27,32,34,40,43,55H,4-24,26,28-31,33,35-39,41-42,44-54H2,1-3H3/b27-25-,34-32-,43-40-. The molecule has 0 aliphatic heterocycles. The summed E-state index contributed by atoms with van der Waals surface area (Å²) in [6.45, 7) is 6.62. The van der Waals surface area contributed by atoms with Crippen molar-refractivity contribution in [1.29, 1.82) is 0 Å². The van der Waals surface area contributed by atoms with Gasteiger partial charge in [-0.05, 0) is 51.4 Å². The molecule has 6 nitrogen and oxygen atoms in total. The summed E-state index contributed by atoms with van der Waals surface area (Å²) in [4.78, 5) is 38.0. The van der Waals surface area contributed by atoms with E-state index < -0.39 is 6.10 Å². The molecule has 0 saturated heterocycles. The van der Waals surface area contributed by atoms with Crippen molar-refractivity contribution >= 4 is 17.9 Å². The highest BCUT2D eigenvalue weighted by Gasteiger charge is 2.19. The quantitative estimate of drug-likeness (QED) is 0.0262. The van der Waals surface area contributed by atoms with Crippen LogP contribution in [-0.4, -0.2) is 37.2 Å². The summed E-state index contributed by atoms with van der Waals surface area (Å²) < 4.78 is 16.8. The number of ether oxygens (including phenoxy) is 3. The number of hydrogen-bond acceptors (Lipinski definition) is 6. The highest BCUT2D eigenvalue weighted by Crippen LogP contribution is 2.16. The predicted molar refractivity (Wildman–Crippen MR) is 275 cm³/mol. The van der Waals surface area contributed by atoms with Crippen molar-refractivity contribution < 1.29 is 28.6 Å². The zero-order valence-corrected chi connectivity index (χ0v) is 42.8. The fourth-order valence-corrected chi connectivity index (χ4v) is 8.17. The first-order valence-electron chi connectivity index (χ1n) is 28.0. The zero-order chi connectivity index (χ0) is 46.5. The molecule has 0 amide bonds. The van der Waals surface area contributed by atoms with Crippen LogP contribution in [0.2, 0.25) is 0 Å². The van der Waals surface area contributed by atoms with E-state index in [-0.39, 0.29) is 37.5 Å². The molecule has 0 rings (SSSR count). The van der Waals surface area contributed by atoms with E-state index in [1.54, 1.807) is 0 Å². The first-order chi connectivity index (χ1) is 31.5. The molecule has 1 unspecified atom stereocenters. The maximum atomic E-state index is 12.8. The Morgan fingerprint density at radius 3 is 0.922 bits per heavy atom. The van der Waals surface area contributed by atoms with Gasteiger partial charge in [-0.1, -0.05) is 263 Å². The molecular weight excluding hydrogens is 793 g/mol. The van der Waals surface area contributed by atoms with Crippen molar-refractivity contribution in [2.45, 2.75) is 303 Å². The molecule has 0 aromatic rings. The first-order valence-corrected chi connectivity index (χ1v) is 28.0. The van der Waals surface area contributed by atoms with Gasteiger partial charge in [-0.2, -0.15) is 0 Å². The monoisotopic (exact) mass is 899 g/mol. The van der Waals surface area contributed by atoms with E-state index in [1.165, 1.54) is 193 Å². The molecule has 0 aliphatic carbocycles. The van der Waals surface area contributed by atoms with E-state index in [1.807, 2.05) is 0 Å². The Bertz CT molecular complexity index is 1080. The van der Waals surface area contributed by atoms with Crippen molar-refractivity contribution in [2.75, 3.05) is 13.2 Å². The Hall–Kier alpha value is -2.37. The van der Waals surface area contributed by atoms with Gasteiger partial charge in [0.25, 0.3) is 0 Å². The second-order valence-corrected chi connectivity index (χ2v) is 18.9. The van der Waals surface area contributed by atoms with Gasteiger partial charge in [0.1, 0.15) is 13.2 Å². The van der Waals surface area contributed by atoms with Gasteiger partial charge in [-0.3, -0.25) is 14.4 Å². The van der Waals surface area contributed by atoms with E-state index in [4.69, 9.17) is 14.2 Å². The molecule has 0 saturated carbocycles. The van der Waals surface area contributed by atoms with Crippen molar-refractivity contribution in [3.63, 3.8) is 0 Å². The zero-order valence-electron chi connectivity index (χ0n) is 42.8. The van der Waals surface area contributed by atoms with Gasteiger partial charge in [0.2, 0.25) is 0 Å². The van der Waals surface area contributed by atoms with E-state index in [2.05, 4.69) is 57.2 Å². The molecule has 0 N–H and O–H groups in total. The van der Waals surface area contributed by atoms with Crippen LogP contribution in [0.25, 0.3) is 0 Å². The van der Waals surface area contributed by atoms with Crippen molar-refractivity contribution in [1.82, 2.24) is 0 Å². The smallest absolute Gasteiger partial charge is 0.306 e. The Morgan fingerprint density at radius 1 is 0.312 bits per heavy atom. The summed E-state index contributed by atoms with van der Waals surface area (Å²) in [5.41, 5.74) is 0. The third-order valence-corrected chi connectivity index (χ3v) is 12.4. The maximum Gasteiger partial charge on any atom is 0.306 e. The van der Waals surface area contributed by atoms with Crippen molar-refractivity contribution in [3.8, 4) is 0 Å². The van der Waals surface area contributed by atoms with Crippen LogP contribution >= 0.6 is 0 Å². The summed E-state index contributed by atoms with van der Waals surface area (Å²) in [6.07, 6.45) is 62.8. The Labute approximate surface area is 397 Å². The lowest BCUT2D eigenvalue weighted by atomic mass is 10.0. The van der Waals surface area contributed by atoms with Gasteiger partial charge in [-0.15, -0.1) is 0 Å². The third kappa shape index (κ3) is 50.6. The van der Waals surface area contributed by atoms with Gasteiger partial charge in [0, 0.05) is 19.3 Å². The normalized spacial score (nSPS) is 12.2. The lowest BCUT2D eigenvalue weighted by Gasteiger charge is -2.18. The number of carbonyl (C=O) groups is 3. The predicted octanol–water partition coefficient (Wildman–Crippen LogP) is 18.5. The third-order valence-electron chi connectivity index (χ3n) is 12.4. The molecule has 0 radical (unpaired) electrons. The molecule has 0 heterocycles. The van der Waals surface area contributed by atoms with E-state index in [9.17, 15) is 14.4 Å². The van der Waals surface area contributed by atoms with Gasteiger partial charge >= 0.3 is 17.9 Å². The summed E-state index contributed by atoms with van der Waals surface area (Å²) in [7, 11) is 0. The molecule has 64 heavy (non-hydrogen) atoms. The number of carbonyl (C=O) groups excluding carboxylic acids is 3. The summed E-state index contributed by atoms with van der Waals surface area (Å²) >= 11 is 0. The number of unbranched alkanes of at least 4 members (excludes halogenated alkanes) is 34. The van der Waals surface area contributed by atoms with E-state index in [0.29, 0.717) is 19.3 Å². The minimum Gasteiger partial charge on any atom is -0.462 e. The molecule has 374 valence electrons. The van der Waals surface area contributed by atoms with E-state index in [0.717, 1.165) is 57.8 Å². The Morgan fingerprint density at radius 2 is 0.578 bits per heavy atom. The fraction of sp³-hybridized carbons (Fsp3) is 0.845. The SMILES string of the molecule is CCCCCCCC/C=C\C/C=C\C/C=C\CCCC(=O)OC(COC(=O)CCCCCCCCCCCCC)COC(=O)CCCCCCCCCCCCCCCCCCCC. The molecule has 0 bridgehead atoms. The van der Waals surface area contributed by atoms with Crippen LogP contribution in [0, 0.1) is 0 Å². The second kappa shape index (κ2) is 53.2.